The van der Waals surface area contributed by atoms with E-state index in [9.17, 15) is 9.59 Å². The van der Waals surface area contributed by atoms with Gasteiger partial charge in [-0.1, -0.05) is 55.4 Å². The van der Waals surface area contributed by atoms with Crippen molar-refractivity contribution in [3.8, 4) is 0 Å². The average molecular weight is 559 g/mol. The van der Waals surface area contributed by atoms with Crippen molar-refractivity contribution in [1.29, 1.82) is 0 Å². The molecule has 10 heteroatoms. The zero-order valence-electron chi connectivity index (χ0n) is 27.1. The third-order valence-electron chi connectivity index (χ3n) is 6.28. The maximum Gasteiger partial charge on any atom is 0.254 e. The number of rotatable bonds is 8. The second kappa shape index (κ2) is 17.6. The largest absolute Gasteiger partial charge is 0.412 e. The van der Waals surface area contributed by atoms with Crippen LogP contribution in [0, 0.1) is 17.3 Å². The van der Waals surface area contributed by atoms with Crippen LogP contribution in [0.25, 0.3) is 0 Å². The average Bonchev–Trinajstić information content (AvgIpc) is 3.66. The number of allylic oxidation sites excluding steroid dienone is 1. The summed E-state index contributed by atoms with van der Waals surface area (Å²) in [6.45, 7) is 29.0. The summed E-state index contributed by atoms with van der Waals surface area (Å²) >= 11 is 0. The van der Waals surface area contributed by atoms with Crippen molar-refractivity contribution in [1.82, 2.24) is 20.6 Å². The van der Waals surface area contributed by atoms with E-state index in [0.29, 0.717) is 17.3 Å². The van der Waals surface area contributed by atoms with Crippen molar-refractivity contribution < 1.29 is 21.3 Å². The number of nitrogens with zero attached hydrogens (tertiary/aromatic N) is 3. The molecule has 0 radical (unpaired) electrons. The minimum absolute atomic E-state index is 0. The maximum absolute atomic E-state index is 13.7. The molecule has 232 valence electrons. The molecular formula is C29H62N6O4. The first kappa shape index (κ1) is 39.1. The molecule has 0 bridgehead atoms. The molecule has 2 aliphatic rings. The molecule has 0 aromatic rings. The van der Waals surface area contributed by atoms with Gasteiger partial charge in [0.2, 0.25) is 5.91 Å². The van der Waals surface area contributed by atoms with Crippen LogP contribution in [0.1, 0.15) is 104 Å². The molecule has 1 aliphatic heterocycles. The molecule has 0 aromatic carbocycles. The minimum atomic E-state index is -0.608. The first-order valence-corrected chi connectivity index (χ1v) is 14.5. The monoisotopic (exact) mass is 558 g/mol. The van der Waals surface area contributed by atoms with Crippen molar-refractivity contribution in [2.45, 2.75) is 115 Å². The summed E-state index contributed by atoms with van der Waals surface area (Å²) in [5.74, 6) is -0.249. The SMILES string of the molecule is CC.CC.CCC(N/C(C(N)=NC(C)=O)=C(\C)N(OC(C)(C)C)C(=O)C1CC1C(C)(C)C)N1CCNCC1.O.[HH]. The second-order valence-electron chi connectivity index (χ2n) is 11.5. The van der Waals surface area contributed by atoms with Gasteiger partial charge in [-0.2, -0.15) is 10.1 Å². The number of amidine groups is 1. The zero-order chi connectivity index (χ0) is 29.8. The van der Waals surface area contributed by atoms with Crippen LogP contribution >= 0.6 is 0 Å². The van der Waals surface area contributed by atoms with Gasteiger partial charge < -0.3 is 21.8 Å². The lowest BCUT2D eigenvalue weighted by molar-refractivity contribution is -0.214. The number of piperazine rings is 1. The third kappa shape index (κ3) is 12.8. The molecule has 1 saturated carbocycles. The highest BCUT2D eigenvalue weighted by Crippen LogP contribution is 2.52. The molecular weight excluding hydrogens is 496 g/mol. The minimum Gasteiger partial charge on any atom is -0.412 e. The Morgan fingerprint density at radius 1 is 1.10 bits per heavy atom. The van der Waals surface area contributed by atoms with Crippen LogP contribution < -0.4 is 16.4 Å². The van der Waals surface area contributed by atoms with Gasteiger partial charge in [0.1, 0.15) is 5.70 Å². The van der Waals surface area contributed by atoms with Gasteiger partial charge in [-0.25, -0.2) is 0 Å². The van der Waals surface area contributed by atoms with Crippen LogP contribution in [0.4, 0.5) is 0 Å². The van der Waals surface area contributed by atoms with Crippen molar-refractivity contribution in [3.63, 3.8) is 0 Å². The number of nitrogens with two attached hydrogens (primary N) is 1. The Labute approximate surface area is 239 Å². The van der Waals surface area contributed by atoms with E-state index in [2.05, 4.69) is 48.2 Å². The summed E-state index contributed by atoms with van der Waals surface area (Å²) in [6, 6.07) is 0. The number of carbonyl (C=O) groups is 2. The summed E-state index contributed by atoms with van der Waals surface area (Å²) < 4.78 is 0. The summed E-state index contributed by atoms with van der Waals surface area (Å²) in [5, 5.41) is 8.24. The second-order valence-corrected chi connectivity index (χ2v) is 11.5. The predicted molar refractivity (Wildman–Crippen MR) is 164 cm³/mol. The highest BCUT2D eigenvalue weighted by atomic mass is 16.7. The predicted octanol–water partition coefficient (Wildman–Crippen LogP) is 4.07. The molecule has 6 N–H and O–H groups in total. The van der Waals surface area contributed by atoms with Gasteiger partial charge in [-0.3, -0.25) is 19.3 Å². The Morgan fingerprint density at radius 2 is 1.62 bits per heavy atom. The molecule has 2 amide bonds. The van der Waals surface area contributed by atoms with E-state index in [1.165, 1.54) is 12.0 Å². The first-order valence-electron chi connectivity index (χ1n) is 14.5. The molecule has 10 nitrogen and oxygen atoms in total. The molecule has 1 saturated heterocycles. The van der Waals surface area contributed by atoms with Crippen LogP contribution in [-0.2, 0) is 14.4 Å². The highest BCUT2D eigenvalue weighted by molar-refractivity contribution is 6.03. The summed E-state index contributed by atoms with van der Waals surface area (Å²) in [6.07, 6.45) is 1.62. The lowest BCUT2D eigenvalue weighted by Crippen LogP contribution is -2.54. The van der Waals surface area contributed by atoms with Crippen molar-refractivity contribution >= 4 is 17.6 Å². The summed E-state index contributed by atoms with van der Waals surface area (Å²) in [4.78, 5) is 38.0. The van der Waals surface area contributed by atoms with E-state index in [0.717, 1.165) is 39.0 Å². The highest BCUT2D eigenvalue weighted by Gasteiger charge is 2.52. The molecule has 3 atom stereocenters. The van der Waals surface area contributed by atoms with E-state index in [1.807, 2.05) is 48.5 Å². The van der Waals surface area contributed by atoms with Gasteiger partial charge in [0.15, 0.2) is 5.84 Å². The number of nitrogens with one attached hydrogen (secondary N) is 2. The normalized spacial score (nSPS) is 21.0. The summed E-state index contributed by atoms with van der Waals surface area (Å²) in [5.41, 5.74) is 6.72. The third-order valence-corrected chi connectivity index (χ3v) is 6.28. The van der Waals surface area contributed by atoms with Crippen molar-refractivity contribution in [2.24, 2.45) is 28.0 Å². The van der Waals surface area contributed by atoms with Crippen molar-refractivity contribution in [3.05, 3.63) is 11.4 Å². The Bertz CT molecular complexity index is 814. The molecule has 2 rings (SSSR count). The molecule has 2 fully saturated rings. The molecule has 39 heavy (non-hydrogen) atoms. The van der Waals surface area contributed by atoms with Crippen molar-refractivity contribution in [2.75, 3.05) is 26.2 Å². The maximum atomic E-state index is 13.7. The Kier molecular flexibility index (Phi) is 17.7. The van der Waals surface area contributed by atoms with Gasteiger partial charge in [0, 0.05) is 40.4 Å². The fraction of sp³-hybridized carbons (Fsp3) is 0.828. The zero-order valence-corrected chi connectivity index (χ0v) is 27.1. The van der Waals surface area contributed by atoms with Crippen LogP contribution in [-0.4, -0.2) is 71.0 Å². The van der Waals surface area contributed by atoms with Gasteiger partial charge >= 0.3 is 0 Å². The lowest BCUT2D eigenvalue weighted by atomic mass is 9.89. The van der Waals surface area contributed by atoms with Crippen LogP contribution in [0.5, 0.6) is 0 Å². The Hall–Kier alpha value is -2.01. The van der Waals surface area contributed by atoms with E-state index in [4.69, 9.17) is 10.6 Å². The number of amides is 2. The van der Waals surface area contributed by atoms with E-state index in [-0.39, 0.29) is 36.1 Å². The van der Waals surface area contributed by atoms with Crippen LogP contribution in [0.3, 0.4) is 0 Å². The van der Waals surface area contributed by atoms with E-state index in [1.54, 1.807) is 6.92 Å². The lowest BCUT2D eigenvalue weighted by Gasteiger charge is -2.37. The Balaban J connectivity index is -0.00000218. The van der Waals surface area contributed by atoms with Gasteiger partial charge in [-0.15, -0.1) is 0 Å². The molecule has 1 aliphatic carbocycles. The fourth-order valence-electron chi connectivity index (χ4n) is 4.43. The van der Waals surface area contributed by atoms with Gasteiger partial charge in [0.25, 0.3) is 5.91 Å². The number of hydrogen-bond acceptors (Lipinski definition) is 6. The fourth-order valence-corrected chi connectivity index (χ4v) is 4.43. The molecule has 0 spiro atoms. The smallest absolute Gasteiger partial charge is 0.254 e. The van der Waals surface area contributed by atoms with Gasteiger partial charge in [-0.05, 0) is 51.9 Å². The van der Waals surface area contributed by atoms with Crippen LogP contribution in [0.2, 0.25) is 0 Å². The van der Waals surface area contributed by atoms with Gasteiger partial charge in [0.05, 0.1) is 17.5 Å². The van der Waals surface area contributed by atoms with E-state index >= 15 is 0 Å². The summed E-state index contributed by atoms with van der Waals surface area (Å²) in [7, 11) is 0. The molecule has 1 heterocycles. The first-order chi connectivity index (χ1) is 17.7. The van der Waals surface area contributed by atoms with Crippen LogP contribution in [0.15, 0.2) is 16.4 Å². The number of carbonyl (C=O) groups excluding carboxylic acids is 2. The number of hydrogen-bond donors (Lipinski definition) is 3. The van der Waals surface area contributed by atoms with E-state index < -0.39 is 11.5 Å². The topological polar surface area (TPSA) is 144 Å². The number of aliphatic imine (C=N–C) groups is 1. The molecule has 0 aromatic heterocycles. The number of hydroxylamine groups is 2. The quantitative estimate of drug-likeness (QED) is 0.231. The molecule has 3 unspecified atom stereocenters. The standard InChI is InChI=1S/C25H46N6O3.2C2H6.H2O.H2/c1-10-20(30-13-11-27-12-14-30)29-21(22(26)28-17(3)32)16(2)31(34-25(7,8)9)23(33)18-15-19(18)24(4,5)6;2*1-2;;/h18-20,27,29H,10-15H2,1-9H3,(H2,26,28,32);2*1-2H3;1H2;1H/b21-16+;;;;. The Morgan fingerprint density at radius 3 is 2.00 bits per heavy atom.